The molecule has 1 aromatic rings. The number of nitrogens with one attached hydrogen (secondary N) is 1. The van der Waals surface area contributed by atoms with Gasteiger partial charge in [0.2, 0.25) is 0 Å². The van der Waals surface area contributed by atoms with Gasteiger partial charge in [-0.3, -0.25) is 9.69 Å². The summed E-state index contributed by atoms with van der Waals surface area (Å²) in [5, 5.41) is 2.83. The van der Waals surface area contributed by atoms with Gasteiger partial charge >= 0.3 is 6.03 Å². The van der Waals surface area contributed by atoms with Crippen molar-refractivity contribution in [1.82, 2.24) is 10.2 Å². The van der Waals surface area contributed by atoms with Crippen molar-refractivity contribution in [2.45, 2.75) is 44.6 Å². The molecule has 3 rings (SSSR count). The van der Waals surface area contributed by atoms with Crippen LogP contribution in [-0.4, -0.2) is 29.4 Å². The molecule has 4 nitrogen and oxygen atoms in total. The monoisotopic (exact) mass is 286 g/mol. The summed E-state index contributed by atoms with van der Waals surface area (Å²) in [6, 6.07) is 9.22. The van der Waals surface area contributed by atoms with Crippen LogP contribution in [0.2, 0.25) is 0 Å². The number of hydrogen-bond donors (Lipinski definition) is 1. The summed E-state index contributed by atoms with van der Waals surface area (Å²) < 4.78 is 0. The first-order chi connectivity index (χ1) is 10.2. The van der Waals surface area contributed by atoms with Gasteiger partial charge in [-0.2, -0.15) is 0 Å². The van der Waals surface area contributed by atoms with Crippen molar-refractivity contribution in [2.24, 2.45) is 5.92 Å². The number of benzene rings is 1. The van der Waals surface area contributed by atoms with Crippen LogP contribution >= 0.6 is 0 Å². The van der Waals surface area contributed by atoms with E-state index in [1.54, 1.807) is 0 Å². The number of rotatable bonds is 4. The van der Waals surface area contributed by atoms with E-state index in [0.717, 1.165) is 18.4 Å². The van der Waals surface area contributed by atoms with Crippen LogP contribution < -0.4 is 5.32 Å². The zero-order valence-corrected chi connectivity index (χ0v) is 12.3. The number of carbonyl (C=O) groups excluding carboxylic acids is 2. The first kappa shape index (κ1) is 14.1. The summed E-state index contributed by atoms with van der Waals surface area (Å²) in [6.07, 6.45) is 6.59. The van der Waals surface area contributed by atoms with Crippen LogP contribution in [0.25, 0.3) is 0 Å². The van der Waals surface area contributed by atoms with Crippen molar-refractivity contribution in [3.63, 3.8) is 0 Å². The summed E-state index contributed by atoms with van der Waals surface area (Å²) in [6.45, 7) is 0.593. The van der Waals surface area contributed by atoms with Gasteiger partial charge in [0.15, 0.2) is 0 Å². The molecule has 1 unspecified atom stereocenters. The number of amides is 3. The van der Waals surface area contributed by atoms with Gasteiger partial charge in [0.1, 0.15) is 6.04 Å². The number of urea groups is 1. The Hall–Kier alpha value is -1.84. The van der Waals surface area contributed by atoms with Crippen LogP contribution in [0.5, 0.6) is 0 Å². The van der Waals surface area contributed by atoms with E-state index < -0.39 is 6.04 Å². The topological polar surface area (TPSA) is 49.4 Å². The molecule has 3 amide bonds. The Morgan fingerprint density at radius 2 is 1.76 bits per heavy atom. The molecule has 0 radical (unpaired) electrons. The molecule has 1 saturated heterocycles. The van der Waals surface area contributed by atoms with Gasteiger partial charge < -0.3 is 5.32 Å². The second kappa shape index (κ2) is 6.29. The third-order valence-electron chi connectivity index (χ3n) is 4.56. The number of nitrogens with zero attached hydrogens (tertiary/aromatic N) is 1. The Balaban J connectivity index is 1.61. The van der Waals surface area contributed by atoms with Crippen molar-refractivity contribution in [3.8, 4) is 0 Å². The van der Waals surface area contributed by atoms with Crippen LogP contribution in [0.4, 0.5) is 4.79 Å². The predicted octanol–water partition coefficient (Wildman–Crippen LogP) is 2.73. The van der Waals surface area contributed by atoms with Gasteiger partial charge in [-0.25, -0.2) is 4.79 Å². The van der Waals surface area contributed by atoms with Gasteiger partial charge in [0, 0.05) is 13.0 Å². The average molecular weight is 286 g/mol. The van der Waals surface area contributed by atoms with E-state index in [1.165, 1.54) is 24.2 Å². The lowest BCUT2D eigenvalue weighted by Gasteiger charge is -2.25. The largest absolute Gasteiger partial charge is 0.325 e. The average Bonchev–Trinajstić information content (AvgIpc) is 2.77. The van der Waals surface area contributed by atoms with E-state index in [1.807, 2.05) is 30.3 Å². The van der Waals surface area contributed by atoms with Crippen LogP contribution in [0.1, 0.15) is 37.7 Å². The van der Waals surface area contributed by atoms with Gasteiger partial charge in [-0.15, -0.1) is 0 Å². The van der Waals surface area contributed by atoms with Gasteiger partial charge in [0.05, 0.1) is 0 Å². The highest BCUT2D eigenvalue weighted by Crippen LogP contribution is 2.25. The van der Waals surface area contributed by atoms with E-state index in [-0.39, 0.29) is 11.9 Å². The summed E-state index contributed by atoms with van der Waals surface area (Å²) in [5.74, 6) is 0.429. The maximum Gasteiger partial charge on any atom is 0.324 e. The molecule has 1 atom stereocenters. The van der Waals surface area contributed by atoms with Crippen LogP contribution in [0.3, 0.4) is 0 Å². The lowest BCUT2D eigenvalue weighted by molar-refractivity contribution is -0.128. The Bertz CT molecular complexity index is 509. The minimum absolute atomic E-state index is 0.0607. The zero-order chi connectivity index (χ0) is 14.7. The first-order valence-electron chi connectivity index (χ1n) is 7.90. The second-order valence-electron chi connectivity index (χ2n) is 6.14. The van der Waals surface area contributed by atoms with Crippen molar-refractivity contribution in [3.05, 3.63) is 35.9 Å². The minimum Gasteiger partial charge on any atom is -0.325 e. The Labute approximate surface area is 125 Å². The molecule has 0 bridgehead atoms. The molecule has 2 aliphatic rings. The molecule has 1 N–H and O–H groups in total. The fourth-order valence-electron chi connectivity index (χ4n) is 3.37. The summed E-state index contributed by atoms with van der Waals surface area (Å²) >= 11 is 0. The Morgan fingerprint density at radius 3 is 2.48 bits per heavy atom. The van der Waals surface area contributed by atoms with Crippen LogP contribution in [0, 0.1) is 5.92 Å². The lowest BCUT2D eigenvalue weighted by Crippen LogP contribution is -2.36. The molecule has 112 valence electrons. The molecule has 0 aromatic heterocycles. The zero-order valence-electron chi connectivity index (χ0n) is 12.3. The normalized spacial score (nSPS) is 23.4. The molecule has 1 aromatic carbocycles. The highest BCUT2D eigenvalue weighted by molar-refractivity contribution is 6.04. The molecule has 1 saturated carbocycles. The molecule has 21 heavy (non-hydrogen) atoms. The van der Waals surface area contributed by atoms with Crippen molar-refractivity contribution < 1.29 is 9.59 Å². The summed E-state index contributed by atoms with van der Waals surface area (Å²) in [4.78, 5) is 25.9. The number of carbonyl (C=O) groups is 2. The quantitative estimate of drug-likeness (QED) is 0.865. The molecule has 1 aliphatic carbocycles. The maximum atomic E-state index is 12.4. The van der Waals surface area contributed by atoms with Gasteiger partial charge in [-0.05, 0) is 24.3 Å². The van der Waals surface area contributed by atoms with E-state index >= 15 is 0 Å². The van der Waals surface area contributed by atoms with E-state index in [2.05, 4.69) is 5.32 Å². The van der Waals surface area contributed by atoms with Gasteiger partial charge in [0.25, 0.3) is 5.91 Å². The highest BCUT2D eigenvalue weighted by atomic mass is 16.2. The predicted molar refractivity (Wildman–Crippen MR) is 80.8 cm³/mol. The molecular weight excluding hydrogens is 264 g/mol. The highest BCUT2D eigenvalue weighted by Gasteiger charge is 2.38. The summed E-state index contributed by atoms with van der Waals surface area (Å²) in [5.41, 5.74) is 1.08. The molecule has 2 fully saturated rings. The second-order valence-corrected chi connectivity index (χ2v) is 6.14. The third kappa shape index (κ3) is 3.26. The SMILES string of the molecule is O=C1NC(Cc2ccccc2)C(=O)N1CC1CCCCC1. The molecule has 1 aliphatic heterocycles. The van der Waals surface area contributed by atoms with Crippen molar-refractivity contribution >= 4 is 11.9 Å². The molecule has 0 spiro atoms. The van der Waals surface area contributed by atoms with Crippen LogP contribution in [0.15, 0.2) is 30.3 Å². The van der Waals surface area contributed by atoms with E-state index in [4.69, 9.17) is 0 Å². The summed E-state index contributed by atoms with van der Waals surface area (Å²) in [7, 11) is 0. The van der Waals surface area contributed by atoms with Crippen molar-refractivity contribution in [1.29, 1.82) is 0 Å². The Kier molecular flexibility index (Phi) is 4.23. The van der Waals surface area contributed by atoms with Gasteiger partial charge in [-0.1, -0.05) is 49.6 Å². The fraction of sp³-hybridized carbons (Fsp3) is 0.529. The van der Waals surface area contributed by atoms with Crippen LogP contribution in [-0.2, 0) is 11.2 Å². The first-order valence-corrected chi connectivity index (χ1v) is 7.90. The third-order valence-corrected chi connectivity index (χ3v) is 4.56. The Morgan fingerprint density at radius 1 is 1.05 bits per heavy atom. The number of imide groups is 1. The smallest absolute Gasteiger partial charge is 0.324 e. The maximum absolute atomic E-state index is 12.4. The van der Waals surface area contributed by atoms with E-state index in [0.29, 0.717) is 18.9 Å². The lowest BCUT2D eigenvalue weighted by atomic mass is 9.89. The molecule has 4 heteroatoms. The fourth-order valence-corrected chi connectivity index (χ4v) is 3.37. The molecular formula is C17H22N2O2. The molecule has 1 heterocycles. The van der Waals surface area contributed by atoms with Crippen molar-refractivity contribution in [2.75, 3.05) is 6.54 Å². The van der Waals surface area contributed by atoms with E-state index in [9.17, 15) is 9.59 Å². The minimum atomic E-state index is -0.400. The number of hydrogen-bond acceptors (Lipinski definition) is 2. The standard InChI is InChI=1S/C17H22N2O2/c20-16-15(11-13-7-3-1-4-8-13)18-17(21)19(16)12-14-9-5-2-6-10-14/h1,3-4,7-8,14-15H,2,5-6,9-12H2,(H,18,21).